The molecule has 1 unspecified atom stereocenters. The number of nitrogens with zero attached hydrogens (tertiary/aromatic N) is 1. The zero-order valence-corrected chi connectivity index (χ0v) is 12.6. The van der Waals surface area contributed by atoms with Crippen LogP contribution in [-0.2, 0) is 19.9 Å². The lowest BCUT2D eigenvalue weighted by Crippen LogP contribution is -2.47. The number of nitrogen functional groups attached to an aromatic ring is 1. The highest BCUT2D eigenvalue weighted by atomic mass is 32.2. The predicted molar refractivity (Wildman–Crippen MR) is 77.7 cm³/mol. The molecule has 1 saturated heterocycles. The van der Waals surface area contributed by atoms with Gasteiger partial charge >= 0.3 is 0 Å². The summed E-state index contributed by atoms with van der Waals surface area (Å²) in [6, 6.07) is 4.01. The van der Waals surface area contributed by atoms with Crippen molar-refractivity contribution in [3.05, 3.63) is 18.2 Å². The highest BCUT2D eigenvalue weighted by molar-refractivity contribution is 7.91. The molecule has 0 radical (unpaired) electrons. The van der Waals surface area contributed by atoms with Crippen molar-refractivity contribution in [2.24, 2.45) is 5.14 Å². The van der Waals surface area contributed by atoms with E-state index < -0.39 is 19.9 Å². The molecule has 1 fully saturated rings. The summed E-state index contributed by atoms with van der Waals surface area (Å²) in [4.78, 5) is 1.81. The number of benzene rings is 1. The van der Waals surface area contributed by atoms with E-state index in [1.54, 1.807) is 13.0 Å². The summed E-state index contributed by atoms with van der Waals surface area (Å²) in [6.07, 6.45) is 0. The van der Waals surface area contributed by atoms with Crippen LogP contribution in [0.25, 0.3) is 0 Å². The second kappa shape index (κ2) is 4.90. The Morgan fingerprint density at radius 1 is 1.35 bits per heavy atom. The van der Waals surface area contributed by atoms with Gasteiger partial charge in [-0.15, -0.1) is 0 Å². The van der Waals surface area contributed by atoms with E-state index in [0.29, 0.717) is 12.2 Å². The maximum absolute atomic E-state index is 11.6. The second-order valence-corrected chi connectivity index (χ2v) is 8.71. The van der Waals surface area contributed by atoms with Crippen LogP contribution in [0.5, 0.6) is 0 Å². The van der Waals surface area contributed by atoms with Crippen LogP contribution in [0.1, 0.15) is 6.92 Å². The van der Waals surface area contributed by atoms with Crippen LogP contribution in [-0.4, -0.2) is 40.9 Å². The van der Waals surface area contributed by atoms with Gasteiger partial charge in [-0.3, -0.25) is 0 Å². The standard InChI is InChI=1S/C11H17N3O4S2/c1-8-7-19(15,16)5-4-14(8)11-3-2-9(6-10(11)12)20(13,17)18/h2-3,6,8H,4-5,7,12H2,1H3,(H2,13,17,18). The van der Waals surface area contributed by atoms with Crippen molar-refractivity contribution in [1.82, 2.24) is 0 Å². The van der Waals surface area contributed by atoms with Crippen LogP contribution < -0.4 is 15.8 Å². The zero-order valence-electron chi connectivity index (χ0n) is 11.0. The van der Waals surface area contributed by atoms with Crippen LogP contribution in [0.2, 0.25) is 0 Å². The SMILES string of the molecule is CC1CS(=O)(=O)CCN1c1ccc(S(N)(=O)=O)cc1N. The van der Waals surface area contributed by atoms with E-state index in [-0.39, 0.29) is 28.1 Å². The maximum Gasteiger partial charge on any atom is 0.238 e. The lowest BCUT2D eigenvalue weighted by atomic mass is 10.2. The third-order valence-electron chi connectivity index (χ3n) is 3.31. The van der Waals surface area contributed by atoms with Crippen molar-refractivity contribution >= 4 is 31.2 Å². The first-order chi connectivity index (χ1) is 9.10. The van der Waals surface area contributed by atoms with Gasteiger partial charge in [-0.25, -0.2) is 22.0 Å². The summed E-state index contributed by atoms with van der Waals surface area (Å²) in [6.45, 7) is 2.13. The van der Waals surface area contributed by atoms with E-state index in [1.165, 1.54) is 12.1 Å². The number of anilines is 2. The van der Waals surface area contributed by atoms with Crippen molar-refractivity contribution in [2.75, 3.05) is 28.7 Å². The molecule has 1 aromatic carbocycles. The Balaban J connectivity index is 2.35. The predicted octanol–water partition coefficient (Wildman–Crippen LogP) is -0.460. The van der Waals surface area contributed by atoms with Crippen molar-refractivity contribution in [2.45, 2.75) is 17.9 Å². The van der Waals surface area contributed by atoms with Crippen LogP contribution >= 0.6 is 0 Å². The first-order valence-corrected chi connectivity index (χ1v) is 9.36. The maximum atomic E-state index is 11.6. The number of hydrogen-bond donors (Lipinski definition) is 2. The number of sulfone groups is 1. The van der Waals surface area contributed by atoms with E-state index >= 15 is 0 Å². The third-order valence-corrected chi connectivity index (χ3v) is 6.01. The molecule has 20 heavy (non-hydrogen) atoms. The van der Waals surface area contributed by atoms with Crippen molar-refractivity contribution < 1.29 is 16.8 Å². The molecule has 7 nitrogen and oxygen atoms in total. The number of sulfonamides is 1. The summed E-state index contributed by atoms with van der Waals surface area (Å²) < 4.78 is 45.6. The zero-order chi connectivity index (χ0) is 15.1. The van der Waals surface area contributed by atoms with Gasteiger partial charge < -0.3 is 10.6 Å². The van der Waals surface area contributed by atoms with Crippen molar-refractivity contribution in [1.29, 1.82) is 0 Å². The summed E-state index contributed by atoms with van der Waals surface area (Å²) >= 11 is 0. The monoisotopic (exact) mass is 319 g/mol. The van der Waals surface area contributed by atoms with Gasteiger partial charge in [0.05, 0.1) is 27.8 Å². The minimum Gasteiger partial charge on any atom is -0.397 e. The Morgan fingerprint density at radius 2 is 2.00 bits per heavy atom. The molecule has 1 aliphatic rings. The Bertz CT molecular complexity index is 728. The molecule has 0 saturated carbocycles. The number of hydrogen-bond acceptors (Lipinski definition) is 6. The van der Waals surface area contributed by atoms with Gasteiger partial charge in [0, 0.05) is 12.6 Å². The molecule has 2 rings (SSSR count). The van der Waals surface area contributed by atoms with Gasteiger partial charge in [0.25, 0.3) is 0 Å². The largest absolute Gasteiger partial charge is 0.397 e. The number of primary sulfonamides is 1. The Morgan fingerprint density at radius 3 is 2.50 bits per heavy atom. The van der Waals surface area contributed by atoms with Gasteiger partial charge in [-0.05, 0) is 25.1 Å². The van der Waals surface area contributed by atoms with Crippen LogP contribution in [0, 0.1) is 0 Å². The van der Waals surface area contributed by atoms with Gasteiger partial charge in [-0.2, -0.15) is 0 Å². The smallest absolute Gasteiger partial charge is 0.238 e. The van der Waals surface area contributed by atoms with Gasteiger partial charge in [0.1, 0.15) is 0 Å². The molecule has 1 atom stereocenters. The Labute approximate surface area is 118 Å². The van der Waals surface area contributed by atoms with Crippen LogP contribution in [0.4, 0.5) is 11.4 Å². The summed E-state index contributed by atoms with van der Waals surface area (Å²) in [5, 5.41) is 5.04. The summed E-state index contributed by atoms with van der Waals surface area (Å²) in [5.41, 5.74) is 6.76. The normalized spacial score (nSPS) is 22.7. The molecule has 0 spiro atoms. The minimum absolute atomic E-state index is 0.0589. The Kier molecular flexibility index (Phi) is 3.69. The average molecular weight is 319 g/mol. The third kappa shape index (κ3) is 3.05. The second-order valence-electron chi connectivity index (χ2n) is 4.92. The highest BCUT2D eigenvalue weighted by Gasteiger charge is 2.29. The van der Waals surface area contributed by atoms with E-state index in [0.717, 1.165) is 0 Å². The fourth-order valence-electron chi connectivity index (χ4n) is 2.33. The topological polar surface area (TPSA) is 124 Å². The Hall–Kier alpha value is -1.32. The lowest BCUT2D eigenvalue weighted by Gasteiger charge is -2.35. The quantitative estimate of drug-likeness (QED) is 0.711. The van der Waals surface area contributed by atoms with Crippen LogP contribution in [0.15, 0.2) is 23.1 Å². The molecular weight excluding hydrogens is 302 g/mol. The molecule has 0 amide bonds. The average Bonchev–Trinajstić information content (AvgIpc) is 2.27. The van der Waals surface area contributed by atoms with E-state index in [4.69, 9.17) is 10.9 Å². The highest BCUT2D eigenvalue weighted by Crippen LogP contribution is 2.29. The molecule has 112 valence electrons. The van der Waals surface area contributed by atoms with E-state index in [9.17, 15) is 16.8 Å². The summed E-state index contributed by atoms with van der Waals surface area (Å²) in [5.74, 6) is 0.122. The van der Waals surface area contributed by atoms with Gasteiger partial charge in [-0.1, -0.05) is 0 Å². The summed E-state index contributed by atoms with van der Waals surface area (Å²) in [7, 11) is -6.81. The first-order valence-electron chi connectivity index (χ1n) is 5.99. The molecule has 9 heteroatoms. The molecule has 4 N–H and O–H groups in total. The molecule has 0 bridgehead atoms. The van der Waals surface area contributed by atoms with Gasteiger partial charge in [0.2, 0.25) is 10.0 Å². The van der Waals surface area contributed by atoms with Crippen molar-refractivity contribution in [3.63, 3.8) is 0 Å². The fourth-order valence-corrected chi connectivity index (χ4v) is 4.43. The first kappa shape index (κ1) is 15.1. The molecule has 0 aromatic heterocycles. The number of nitrogens with two attached hydrogens (primary N) is 2. The molecular formula is C11H17N3O4S2. The van der Waals surface area contributed by atoms with E-state index in [1.807, 2.05) is 4.90 Å². The molecule has 1 heterocycles. The van der Waals surface area contributed by atoms with Gasteiger partial charge in [0.15, 0.2) is 9.84 Å². The number of rotatable bonds is 2. The fraction of sp³-hybridized carbons (Fsp3) is 0.455. The molecule has 1 aromatic rings. The van der Waals surface area contributed by atoms with E-state index in [2.05, 4.69) is 0 Å². The molecule has 1 aliphatic heterocycles. The molecule has 0 aliphatic carbocycles. The van der Waals surface area contributed by atoms with Crippen molar-refractivity contribution in [3.8, 4) is 0 Å². The minimum atomic E-state index is -3.80. The van der Waals surface area contributed by atoms with Crippen LogP contribution in [0.3, 0.4) is 0 Å². The lowest BCUT2D eigenvalue weighted by molar-refractivity contribution is 0.568.